The fourth-order valence-corrected chi connectivity index (χ4v) is 2.60. The molecule has 5 nitrogen and oxygen atoms in total. The van der Waals surface area contributed by atoms with Crippen LogP contribution in [0.3, 0.4) is 0 Å². The van der Waals surface area contributed by atoms with Gasteiger partial charge in [0.15, 0.2) is 6.10 Å². The van der Waals surface area contributed by atoms with Gasteiger partial charge in [0.2, 0.25) is 5.78 Å². The highest BCUT2D eigenvalue weighted by molar-refractivity contribution is 7.07. The molecule has 1 aromatic carbocycles. The van der Waals surface area contributed by atoms with Crippen molar-refractivity contribution in [3.63, 3.8) is 0 Å². The van der Waals surface area contributed by atoms with Crippen molar-refractivity contribution in [2.45, 2.75) is 26.5 Å². The van der Waals surface area contributed by atoms with Gasteiger partial charge < -0.3 is 4.74 Å². The summed E-state index contributed by atoms with van der Waals surface area (Å²) >= 11 is 0.994. The first-order chi connectivity index (χ1) is 10.4. The SMILES string of the molecule is Cc1csc(=O)n1CC(=O)O[C@@H](C)C(=O)c1ccc(F)cc1. The Kier molecular flexibility index (Phi) is 4.87. The second kappa shape index (κ2) is 6.65. The molecule has 0 bridgehead atoms. The first kappa shape index (κ1) is 16.1. The maximum absolute atomic E-state index is 12.8. The van der Waals surface area contributed by atoms with Crippen molar-refractivity contribution >= 4 is 23.1 Å². The lowest BCUT2D eigenvalue weighted by molar-refractivity contribution is -0.147. The Labute approximate surface area is 130 Å². The first-order valence-corrected chi connectivity index (χ1v) is 7.40. The topological polar surface area (TPSA) is 65.4 Å². The van der Waals surface area contributed by atoms with E-state index in [4.69, 9.17) is 4.74 Å². The number of aromatic nitrogens is 1. The highest BCUT2D eigenvalue weighted by Crippen LogP contribution is 2.09. The first-order valence-electron chi connectivity index (χ1n) is 6.52. The smallest absolute Gasteiger partial charge is 0.326 e. The predicted octanol–water partition coefficient (Wildman–Crippen LogP) is 2.17. The van der Waals surface area contributed by atoms with Crippen LogP contribution in [0.2, 0.25) is 0 Å². The number of ketones is 1. The summed E-state index contributed by atoms with van der Waals surface area (Å²) in [6.45, 7) is 2.90. The lowest BCUT2D eigenvalue weighted by Gasteiger charge is -2.13. The standard InChI is InChI=1S/C15H14FNO4S/c1-9-8-22-15(20)17(9)7-13(18)21-10(2)14(19)11-3-5-12(16)6-4-11/h3-6,8,10H,7H2,1-2H3/t10-/m0/s1. The molecule has 22 heavy (non-hydrogen) atoms. The Morgan fingerprint density at radius 2 is 1.95 bits per heavy atom. The fraction of sp³-hybridized carbons (Fsp3) is 0.267. The molecular formula is C15H14FNO4S. The van der Waals surface area contributed by atoms with E-state index < -0.39 is 23.7 Å². The largest absolute Gasteiger partial charge is 0.453 e. The molecule has 0 N–H and O–H groups in total. The molecule has 0 aliphatic carbocycles. The van der Waals surface area contributed by atoms with E-state index in [9.17, 15) is 18.8 Å². The normalized spacial score (nSPS) is 12.0. The van der Waals surface area contributed by atoms with Crippen LogP contribution in [0.4, 0.5) is 4.39 Å². The minimum absolute atomic E-state index is 0.241. The number of aryl methyl sites for hydroxylation is 1. The number of ether oxygens (including phenoxy) is 1. The molecule has 0 saturated heterocycles. The van der Waals surface area contributed by atoms with Gasteiger partial charge in [-0.25, -0.2) is 4.39 Å². The van der Waals surface area contributed by atoms with Crippen molar-refractivity contribution in [1.29, 1.82) is 0 Å². The van der Waals surface area contributed by atoms with E-state index in [2.05, 4.69) is 0 Å². The second-order valence-electron chi connectivity index (χ2n) is 4.73. The summed E-state index contributed by atoms with van der Waals surface area (Å²) in [7, 11) is 0. The molecule has 1 atom stereocenters. The van der Waals surface area contributed by atoms with E-state index >= 15 is 0 Å². The second-order valence-corrected chi connectivity index (χ2v) is 5.55. The number of carbonyl (C=O) groups excluding carboxylic acids is 2. The maximum atomic E-state index is 12.8. The molecule has 0 amide bonds. The third-order valence-electron chi connectivity index (χ3n) is 3.07. The predicted molar refractivity (Wildman–Crippen MR) is 79.6 cm³/mol. The minimum atomic E-state index is -1.01. The number of rotatable bonds is 5. The molecule has 1 aromatic heterocycles. The number of hydrogen-bond acceptors (Lipinski definition) is 5. The third kappa shape index (κ3) is 3.67. The number of hydrogen-bond donors (Lipinski definition) is 0. The van der Waals surface area contributed by atoms with Crippen molar-refractivity contribution in [2.75, 3.05) is 0 Å². The monoisotopic (exact) mass is 323 g/mol. The highest BCUT2D eigenvalue weighted by Gasteiger charge is 2.20. The summed E-state index contributed by atoms with van der Waals surface area (Å²) in [5, 5.41) is 1.64. The number of thiazole rings is 1. The molecule has 0 unspecified atom stereocenters. The van der Waals surface area contributed by atoms with E-state index in [1.165, 1.54) is 23.6 Å². The Morgan fingerprint density at radius 1 is 1.32 bits per heavy atom. The van der Waals surface area contributed by atoms with Crippen LogP contribution in [0.15, 0.2) is 34.4 Å². The molecule has 0 fully saturated rings. The van der Waals surface area contributed by atoms with Gasteiger partial charge in [0.1, 0.15) is 12.4 Å². The molecule has 0 aliphatic rings. The van der Waals surface area contributed by atoms with E-state index in [1.54, 1.807) is 12.3 Å². The van der Waals surface area contributed by atoms with Gasteiger partial charge >= 0.3 is 10.8 Å². The average Bonchev–Trinajstić information content (AvgIpc) is 2.79. The van der Waals surface area contributed by atoms with Gasteiger partial charge in [0, 0.05) is 16.6 Å². The van der Waals surface area contributed by atoms with Gasteiger partial charge in [-0.3, -0.25) is 19.0 Å². The van der Waals surface area contributed by atoms with Crippen LogP contribution in [0.5, 0.6) is 0 Å². The number of nitrogens with zero attached hydrogens (tertiary/aromatic N) is 1. The quantitative estimate of drug-likeness (QED) is 0.625. The summed E-state index contributed by atoms with van der Waals surface area (Å²) in [5.74, 6) is -1.55. The van der Waals surface area contributed by atoms with E-state index in [0.29, 0.717) is 5.69 Å². The molecule has 2 rings (SSSR count). The minimum Gasteiger partial charge on any atom is -0.453 e. The molecule has 7 heteroatoms. The Hall–Kier alpha value is -2.28. The zero-order valence-electron chi connectivity index (χ0n) is 12.0. The summed E-state index contributed by atoms with van der Waals surface area (Å²) in [4.78, 5) is 35.1. The van der Waals surface area contributed by atoms with Crippen molar-refractivity contribution in [2.24, 2.45) is 0 Å². The number of benzene rings is 1. The molecule has 0 spiro atoms. The van der Waals surface area contributed by atoms with Crippen LogP contribution in [-0.2, 0) is 16.1 Å². The Bertz CT molecular complexity index is 748. The lowest BCUT2D eigenvalue weighted by Crippen LogP contribution is -2.29. The zero-order valence-corrected chi connectivity index (χ0v) is 12.9. The summed E-state index contributed by atoms with van der Waals surface area (Å²) in [6.07, 6.45) is -1.01. The molecule has 0 saturated carbocycles. The number of halogens is 1. The average molecular weight is 323 g/mol. The molecule has 0 radical (unpaired) electrons. The zero-order chi connectivity index (χ0) is 16.3. The van der Waals surface area contributed by atoms with Crippen LogP contribution in [0.25, 0.3) is 0 Å². The van der Waals surface area contributed by atoms with Gasteiger partial charge in [-0.15, -0.1) is 0 Å². The van der Waals surface area contributed by atoms with Crippen molar-refractivity contribution in [1.82, 2.24) is 4.57 Å². The fourth-order valence-electron chi connectivity index (χ4n) is 1.86. The van der Waals surface area contributed by atoms with Crippen LogP contribution in [0.1, 0.15) is 23.0 Å². The van der Waals surface area contributed by atoms with Crippen LogP contribution in [-0.4, -0.2) is 22.4 Å². The molecule has 116 valence electrons. The van der Waals surface area contributed by atoms with Crippen molar-refractivity contribution in [3.8, 4) is 0 Å². The van der Waals surface area contributed by atoms with Crippen LogP contribution >= 0.6 is 11.3 Å². The van der Waals surface area contributed by atoms with E-state index in [-0.39, 0.29) is 17.0 Å². The maximum Gasteiger partial charge on any atom is 0.326 e. The van der Waals surface area contributed by atoms with Crippen LogP contribution in [0, 0.1) is 12.7 Å². The third-order valence-corrected chi connectivity index (χ3v) is 3.95. The molecule has 0 aliphatic heterocycles. The lowest BCUT2D eigenvalue weighted by atomic mass is 10.1. The number of esters is 1. The van der Waals surface area contributed by atoms with Gasteiger partial charge in [-0.1, -0.05) is 11.3 Å². The van der Waals surface area contributed by atoms with Crippen molar-refractivity contribution < 1.29 is 18.7 Å². The van der Waals surface area contributed by atoms with Crippen LogP contribution < -0.4 is 4.87 Å². The summed E-state index contributed by atoms with van der Waals surface area (Å²) in [5.41, 5.74) is 0.912. The van der Waals surface area contributed by atoms with Gasteiger partial charge in [-0.2, -0.15) is 0 Å². The van der Waals surface area contributed by atoms with Gasteiger partial charge in [0.05, 0.1) is 0 Å². The van der Waals surface area contributed by atoms with Gasteiger partial charge in [-0.05, 0) is 38.1 Å². The van der Waals surface area contributed by atoms with Gasteiger partial charge in [0.25, 0.3) is 0 Å². The summed E-state index contributed by atoms with van der Waals surface area (Å²) in [6, 6.07) is 4.98. The summed E-state index contributed by atoms with van der Waals surface area (Å²) < 4.78 is 19.1. The number of carbonyl (C=O) groups is 2. The van der Waals surface area contributed by atoms with Crippen molar-refractivity contribution in [3.05, 3.63) is 56.4 Å². The molecule has 2 aromatic rings. The van der Waals surface area contributed by atoms with E-state index in [1.807, 2.05) is 0 Å². The number of Topliss-reactive ketones (excluding diaryl/α,β-unsaturated/α-hetero) is 1. The Balaban J connectivity index is 2.00. The Morgan fingerprint density at radius 3 is 2.50 bits per heavy atom. The highest BCUT2D eigenvalue weighted by atomic mass is 32.1. The molecular weight excluding hydrogens is 309 g/mol. The van der Waals surface area contributed by atoms with E-state index in [0.717, 1.165) is 23.5 Å². The molecule has 1 heterocycles.